The van der Waals surface area contributed by atoms with Gasteiger partial charge >= 0.3 is 5.97 Å². The molecule has 202 valence electrons. The minimum atomic E-state index is -3.99. The molecule has 9 nitrogen and oxygen atoms in total. The number of carbonyl (C=O) groups excluding carboxylic acids is 2. The topological polar surface area (TPSA) is 103 Å². The molecule has 2 aliphatic heterocycles. The van der Waals surface area contributed by atoms with Gasteiger partial charge in [0.15, 0.2) is 0 Å². The largest absolute Gasteiger partial charge is 0.462 e. The molecule has 0 spiro atoms. The van der Waals surface area contributed by atoms with Gasteiger partial charge in [-0.2, -0.15) is 4.31 Å². The first-order chi connectivity index (χ1) is 17.6. The molecule has 0 unspecified atom stereocenters. The minimum Gasteiger partial charge on any atom is -0.462 e. The SMILES string of the molecule is CCOC(=O)c1c(C)[nH]c(C)c1S(=O)(=O)N1CCC[C@@H](C(=O)N2CCN(c3cccc(C)c3C)CC2)C1. The molecule has 1 amide bonds. The average Bonchev–Trinajstić information content (AvgIpc) is 3.20. The van der Waals surface area contributed by atoms with Gasteiger partial charge in [0, 0.05) is 56.3 Å². The van der Waals surface area contributed by atoms with Crippen molar-refractivity contribution in [2.24, 2.45) is 5.92 Å². The van der Waals surface area contributed by atoms with E-state index in [1.165, 1.54) is 21.1 Å². The second kappa shape index (κ2) is 10.9. The van der Waals surface area contributed by atoms with Gasteiger partial charge in [0.05, 0.1) is 12.5 Å². The van der Waals surface area contributed by atoms with Crippen LogP contribution in [-0.4, -0.2) is 80.4 Å². The Hall–Kier alpha value is -2.85. The number of anilines is 1. The molecule has 1 aromatic carbocycles. The number of nitrogens with zero attached hydrogens (tertiary/aromatic N) is 3. The summed E-state index contributed by atoms with van der Waals surface area (Å²) in [4.78, 5) is 33.2. The Bertz CT molecular complexity index is 1280. The van der Waals surface area contributed by atoms with E-state index in [-0.39, 0.29) is 29.5 Å². The quantitative estimate of drug-likeness (QED) is 0.576. The standard InChI is InChI=1S/C27H38N4O5S/c1-6-36-27(33)24-20(4)28-21(5)25(24)37(34,35)31-12-8-10-22(17-31)26(32)30-15-13-29(14-16-30)23-11-7-9-18(2)19(23)3/h7,9,11,22,28H,6,8,10,12-17H2,1-5H3/t22-/m1/s1. The van der Waals surface area contributed by atoms with Crippen molar-refractivity contribution in [2.75, 3.05) is 50.8 Å². The zero-order chi connectivity index (χ0) is 26.9. The van der Waals surface area contributed by atoms with E-state index < -0.39 is 21.9 Å². The summed E-state index contributed by atoms with van der Waals surface area (Å²) in [7, 11) is -3.99. The van der Waals surface area contributed by atoms with Gasteiger partial charge in [0.2, 0.25) is 15.9 Å². The Kier molecular flexibility index (Phi) is 7.99. The highest BCUT2D eigenvalue weighted by atomic mass is 32.2. The number of aryl methyl sites for hydroxylation is 3. The van der Waals surface area contributed by atoms with Crippen molar-refractivity contribution in [3.8, 4) is 0 Å². The van der Waals surface area contributed by atoms with Gasteiger partial charge in [-0.1, -0.05) is 12.1 Å². The Labute approximate surface area is 219 Å². The van der Waals surface area contributed by atoms with Crippen molar-refractivity contribution in [3.63, 3.8) is 0 Å². The number of rotatable bonds is 6. The number of piperazine rings is 1. The summed E-state index contributed by atoms with van der Waals surface area (Å²) < 4.78 is 33.9. The van der Waals surface area contributed by atoms with Crippen molar-refractivity contribution in [3.05, 3.63) is 46.3 Å². The van der Waals surface area contributed by atoms with Crippen LogP contribution in [-0.2, 0) is 19.6 Å². The predicted octanol–water partition coefficient (Wildman–Crippen LogP) is 3.17. The summed E-state index contributed by atoms with van der Waals surface area (Å²) in [5.41, 5.74) is 4.62. The Morgan fingerprint density at radius 1 is 1.03 bits per heavy atom. The summed E-state index contributed by atoms with van der Waals surface area (Å²) in [6.07, 6.45) is 1.24. The van der Waals surface area contributed by atoms with Crippen LogP contribution in [0, 0.1) is 33.6 Å². The number of H-pyrrole nitrogens is 1. The highest BCUT2D eigenvalue weighted by molar-refractivity contribution is 7.89. The van der Waals surface area contributed by atoms with Gasteiger partial charge in [-0.05, 0) is 64.7 Å². The maximum absolute atomic E-state index is 13.7. The number of nitrogens with one attached hydrogen (secondary N) is 1. The van der Waals surface area contributed by atoms with E-state index in [9.17, 15) is 18.0 Å². The summed E-state index contributed by atoms with van der Waals surface area (Å²) in [5.74, 6) is -1.05. The van der Waals surface area contributed by atoms with Crippen LogP contribution < -0.4 is 4.90 Å². The molecule has 3 heterocycles. The second-order valence-corrected chi connectivity index (χ2v) is 11.9. The van der Waals surface area contributed by atoms with Gasteiger partial charge in [-0.15, -0.1) is 0 Å². The normalized spacial score (nSPS) is 19.2. The van der Waals surface area contributed by atoms with Crippen molar-refractivity contribution >= 4 is 27.6 Å². The van der Waals surface area contributed by atoms with Crippen LogP contribution in [0.2, 0.25) is 0 Å². The van der Waals surface area contributed by atoms with E-state index in [1.807, 2.05) is 4.90 Å². The Morgan fingerprint density at radius 3 is 2.41 bits per heavy atom. The molecule has 0 aliphatic carbocycles. The average molecular weight is 531 g/mol. The molecule has 2 aliphatic rings. The number of amides is 1. The first-order valence-corrected chi connectivity index (χ1v) is 14.5. The van der Waals surface area contributed by atoms with Crippen LogP contribution >= 0.6 is 0 Å². The third kappa shape index (κ3) is 5.27. The van der Waals surface area contributed by atoms with E-state index in [4.69, 9.17) is 4.74 Å². The number of aromatic amines is 1. The molecule has 0 saturated carbocycles. The van der Waals surface area contributed by atoms with E-state index in [0.717, 1.165) is 13.1 Å². The van der Waals surface area contributed by atoms with E-state index >= 15 is 0 Å². The number of ether oxygens (including phenoxy) is 1. The maximum Gasteiger partial charge on any atom is 0.341 e. The fourth-order valence-corrected chi connectivity index (χ4v) is 7.46. The number of benzene rings is 1. The zero-order valence-electron chi connectivity index (χ0n) is 22.5. The van der Waals surface area contributed by atoms with E-state index in [2.05, 4.69) is 41.9 Å². The maximum atomic E-state index is 13.7. The molecule has 1 aromatic heterocycles. The van der Waals surface area contributed by atoms with Crippen molar-refractivity contribution in [1.82, 2.24) is 14.2 Å². The van der Waals surface area contributed by atoms with Crippen LogP contribution in [0.5, 0.6) is 0 Å². The lowest BCUT2D eigenvalue weighted by atomic mass is 9.97. The summed E-state index contributed by atoms with van der Waals surface area (Å²) in [5, 5.41) is 0. The molecular weight excluding hydrogens is 492 g/mol. The molecule has 10 heteroatoms. The lowest BCUT2D eigenvalue weighted by Crippen LogP contribution is -2.53. The molecule has 4 rings (SSSR count). The molecule has 1 atom stereocenters. The fourth-order valence-electron chi connectivity index (χ4n) is 5.53. The minimum absolute atomic E-state index is 0.00750. The smallest absolute Gasteiger partial charge is 0.341 e. The summed E-state index contributed by atoms with van der Waals surface area (Å²) >= 11 is 0. The monoisotopic (exact) mass is 530 g/mol. The van der Waals surface area contributed by atoms with Gasteiger partial charge in [0.1, 0.15) is 10.5 Å². The number of carbonyl (C=O) groups is 2. The number of hydrogen-bond acceptors (Lipinski definition) is 6. The number of aromatic nitrogens is 1. The zero-order valence-corrected chi connectivity index (χ0v) is 23.3. The Morgan fingerprint density at radius 2 is 1.73 bits per heavy atom. The predicted molar refractivity (Wildman–Crippen MR) is 142 cm³/mol. The van der Waals surface area contributed by atoms with Crippen LogP contribution in [0.4, 0.5) is 5.69 Å². The molecule has 0 bridgehead atoms. The lowest BCUT2D eigenvalue weighted by Gasteiger charge is -2.40. The highest BCUT2D eigenvalue weighted by Gasteiger charge is 2.39. The molecule has 2 aromatic rings. The summed E-state index contributed by atoms with van der Waals surface area (Å²) in [6.45, 7) is 12.5. The molecule has 2 fully saturated rings. The first kappa shape index (κ1) is 27.2. The first-order valence-electron chi connectivity index (χ1n) is 13.0. The van der Waals surface area contributed by atoms with Gasteiger partial charge in [-0.25, -0.2) is 13.2 Å². The van der Waals surface area contributed by atoms with Crippen molar-refractivity contribution in [1.29, 1.82) is 0 Å². The van der Waals surface area contributed by atoms with Gasteiger partial charge in [0.25, 0.3) is 0 Å². The third-order valence-electron chi connectivity index (χ3n) is 7.64. The number of piperidine rings is 1. The number of esters is 1. The van der Waals surface area contributed by atoms with Crippen LogP contribution in [0.25, 0.3) is 0 Å². The van der Waals surface area contributed by atoms with Crippen LogP contribution in [0.15, 0.2) is 23.1 Å². The van der Waals surface area contributed by atoms with Crippen molar-refractivity contribution < 1.29 is 22.7 Å². The third-order valence-corrected chi connectivity index (χ3v) is 9.67. The van der Waals surface area contributed by atoms with E-state index in [1.54, 1.807) is 20.8 Å². The molecule has 0 radical (unpaired) electrons. The summed E-state index contributed by atoms with van der Waals surface area (Å²) in [6, 6.07) is 6.29. The van der Waals surface area contributed by atoms with Crippen molar-refractivity contribution in [2.45, 2.75) is 52.4 Å². The number of sulfonamides is 1. The second-order valence-electron chi connectivity index (χ2n) is 10.0. The number of hydrogen-bond donors (Lipinski definition) is 1. The molecule has 1 N–H and O–H groups in total. The Balaban J connectivity index is 1.47. The lowest BCUT2D eigenvalue weighted by molar-refractivity contribution is -0.137. The van der Waals surface area contributed by atoms with Crippen LogP contribution in [0.3, 0.4) is 0 Å². The van der Waals surface area contributed by atoms with Crippen LogP contribution in [0.1, 0.15) is 52.6 Å². The molecule has 2 saturated heterocycles. The fraction of sp³-hybridized carbons (Fsp3) is 0.556. The highest BCUT2D eigenvalue weighted by Crippen LogP contribution is 2.31. The van der Waals surface area contributed by atoms with Gasteiger partial charge < -0.3 is 19.5 Å². The van der Waals surface area contributed by atoms with E-state index in [0.29, 0.717) is 43.9 Å². The molecule has 37 heavy (non-hydrogen) atoms. The van der Waals surface area contributed by atoms with Gasteiger partial charge in [-0.3, -0.25) is 4.79 Å². The molecular formula is C27H38N4O5S.